The van der Waals surface area contributed by atoms with Crippen molar-refractivity contribution in [2.75, 3.05) is 11.1 Å². The number of rotatable bonds is 6. The molecule has 0 aliphatic heterocycles. The van der Waals surface area contributed by atoms with Crippen LogP contribution in [0.5, 0.6) is 0 Å². The van der Waals surface area contributed by atoms with E-state index in [1.165, 1.54) is 6.07 Å². The number of benzene rings is 2. The summed E-state index contributed by atoms with van der Waals surface area (Å²) >= 11 is 0. The van der Waals surface area contributed by atoms with Crippen LogP contribution in [0.15, 0.2) is 36.4 Å². The number of nitrogen functional groups attached to an aromatic ring is 1. The Balaban J connectivity index is 2.32. The highest BCUT2D eigenvalue weighted by Gasteiger charge is 2.16. The first-order valence-corrected chi connectivity index (χ1v) is 7.60. The Labute approximate surface area is 144 Å². The molecule has 0 heterocycles. The number of nitrogens with two attached hydrogens (primary N) is 2. The zero-order chi connectivity index (χ0) is 18.6. The van der Waals surface area contributed by atoms with Crippen molar-refractivity contribution in [3.8, 4) is 0 Å². The number of hydrogen-bond donors (Lipinski definition) is 4. The SMILES string of the molecule is Cc1c(CCC(=O)O)ccc(C(=O)c2cccc(NC(N)=O)c2)c1N. The number of carbonyl (C=O) groups is 3. The number of nitrogens with one attached hydrogen (secondary N) is 1. The molecule has 0 spiro atoms. The number of ketones is 1. The van der Waals surface area contributed by atoms with E-state index in [2.05, 4.69) is 5.32 Å². The van der Waals surface area contributed by atoms with Gasteiger partial charge in [0.15, 0.2) is 5.78 Å². The van der Waals surface area contributed by atoms with Gasteiger partial charge in [-0.3, -0.25) is 9.59 Å². The average Bonchev–Trinajstić information content (AvgIpc) is 2.55. The molecule has 2 amide bonds. The van der Waals surface area contributed by atoms with Gasteiger partial charge in [-0.05, 0) is 42.7 Å². The van der Waals surface area contributed by atoms with Crippen molar-refractivity contribution >= 4 is 29.2 Å². The highest BCUT2D eigenvalue weighted by molar-refractivity contribution is 6.13. The van der Waals surface area contributed by atoms with Crippen LogP contribution in [0.2, 0.25) is 0 Å². The molecule has 0 atom stereocenters. The van der Waals surface area contributed by atoms with Gasteiger partial charge in [-0.15, -0.1) is 0 Å². The number of primary amides is 1. The standard InChI is InChI=1S/C18H19N3O4/c1-10-11(6-8-15(22)23)5-7-14(16(10)19)17(24)12-3-2-4-13(9-12)21-18(20)25/h2-5,7,9H,6,8,19H2,1H3,(H,22,23)(H3,20,21,25). The largest absolute Gasteiger partial charge is 0.481 e. The van der Waals surface area contributed by atoms with Gasteiger partial charge in [0.2, 0.25) is 0 Å². The van der Waals surface area contributed by atoms with Gasteiger partial charge in [0.25, 0.3) is 0 Å². The summed E-state index contributed by atoms with van der Waals surface area (Å²) in [5.74, 6) is -1.18. The maximum Gasteiger partial charge on any atom is 0.316 e. The van der Waals surface area contributed by atoms with E-state index in [-0.39, 0.29) is 12.2 Å². The van der Waals surface area contributed by atoms with E-state index in [1.54, 1.807) is 37.3 Å². The number of amides is 2. The predicted molar refractivity (Wildman–Crippen MR) is 94.6 cm³/mol. The molecular formula is C18H19N3O4. The summed E-state index contributed by atoms with van der Waals surface area (Å²) in [6.45, 7) is 1.76. The number of carboxylic acids is 1. The molecular weight excluding hydrogens is 322 g/mol. The second-order valence-electron chi connectivity index (χ2n) is 5.60. The first-order valence-electron chi connectivity index (χ1n) is 7.60. The van der Waals surface area contributed by atoms with Crippen LogP contribution in [0, 0.1) is 6.92 Å². The molecule has 25 heavy (non-hydrogen) atoms. The fourth-order valence-corrected chi connectivity index (χ4v) is 2.52. The Morgan fingerprint density at radius 1 is 1.16 bits per heavy atom. The first-order chi connectivity index (χ1) is 11.8. The molecule has 0 aliphatic carbocycles. The Bertz CT molecular complexity index is 846. The minimum Gasteiger partial charge on any atom is -0.481 e. The second kappa shape index (κ2) is 7.48. The van der Waals surface area contributed by atoms with Crippen LogP contribution in [-0.4, -0.2) is 22.9 Å². The lowest BCUT2D eigenvalue weighted by atomic mass is 9.94. The van der Waals surface area contributed by atoms with Crippen molar-refractivity contribution in [3.63, 3.8) is 0 Å². The van der Waals surface area contributed by atoms with Gasteiger partial charge in [-0.2, -0.15) is 0 Å². The molecule has 0 saturated carbocycles. The summed E-state index contributed by atoms with van der Waals surface area (Å²) in [5.41, 5.74) is 14.1. The van der Waals surface area contributed by atoms with Gasteiger partial charge >= 0.3 is 12.0 Å². The molecule has 6 N–H and O–H groups in total. The molecule has 2 rings (SSSR count). The maximum atomic E-state index is 12.7. The molecule has 0 unspecified atom stereocenters. The summed E-state index contributed by atoms with van der Waals surface area (Å²) in [5, 5.41) is 11.2. The van der Waals surface area contributed by atoms with E-state index in [1.807, 2.05) is 0 Å². The topological polar surface area (TPSA) is 136 Å². The zero-order valence-corrected chi connectivity index (χ0v) is 13.7. The molecule has 0 aliphatic rings. The quantitative estimate of drug-likeness (QED) is 0.472. The third-order valence-corrected chi connectivity index (χ3v) is 3.87. The van der Waals surface area contributed by atoms with Crippen molar-refractivity contribution in [2.45, 2.75) is 19.8 Å². The number of carboxylic acid groups (broad SMARTS) is 1. The Morgan fingerprint density at radius 2 is 1.88 bits per heavy atom. The van der Waals surface area contributed by atoms with E-state index >= 15 is 0 Å². The van der Waals surface area contributed by atoms with Crippen LogP contribution in [0.4, 0.5) is 16.2 Å². The number of urea groups is 1. The third kappa shape index (κ3) is 4.35. The molecule has 2 aromatic rings. The van der Waals surface area contributed by atoms with Crippen LogP contribution in [-0.2, 0) is 11.2 Å². The van der Waals surface area contributed by atoms with Gasteiger partial charge in [0.1, 0.15) is 0 Å². The lowest BCUT2D eigenvalue weighted by Crippen LogP contribution is -2.19. The zero-order valence-electron chi connectivity index (χ0n) is 13.7. The summed E-state index contributed by atoms with van der Waals surface area (Å²) in [6.07, 6.45) is 0.340. The highest BCUT2D eigenvalue weighted by atomic mass is 16.4. The number of aliphatic carboxylic acids is 1. The van der Waals surface area contributed by atoms with Gasteiger partial charge in [0.05, 0.1) is 0 Å². The lowest BCUT2D eigenvalue weighted by molar-refractivity contribution is -0.136. The van der Waals surface area contributed by atoms with Gasteiger partial charge in [0, 0.05) is 28.9 Å². The van der Waals surface area contributed by atoms with Crippen LogP contribution in [0.25, 0.3) is 0 Å². The van der Waals surface area contributed by atoms with E-state index < -0.39 is 12.0 Å². The van der Waals surface area contributed by atoms with Crippen LogP contribution < -0.4 is 16.8 Å². The van der Waals surface area contributed by atoms with Crippen LogP contribution >= 0.6 is 0 Å². The average molecular weight is 341 g/mol. The predicted octanol–water partition coefficient (Wildman–Crippen LogP) is 2.32. The lowest BCUT2D eigenvalue weighted by Gasteiger charge is -2.13. The number of aryl methyl sites for hydroxylation is 1. The fraction of sp³-hybridized carbons (Fsp3) is 0.167. The minimum atomic E-state index is -0.892. The van der Waals surface area contributed by atoms with Crippen molar-refractivity contribution in [1.82, 2.24) is 0 Å². The van der Waals surface area contributed by atoms with E-state index in [0.717, 1.165) is 5.56 Å². The summed E-state index contributed by atoms with van der Waals surface area (Å²) in [7, 11) is 0. The van der Waals surface area contributed by atoms with E-state index in [9.17, 15) is 14.4 Å². The molecule has 7 heteroatoms. The highest BCUT2D eigenvalue weighted by Crippen LogP contribution is 2.25. The Kier molecular flexibility index (Phi) is 5.38. The minimum absolute atomic E-state index is 0.00555. The number of hydrogen-bond acceptors (Lipinski definition) is 4. The van der Waals surface area contributed by atoms with E-state index in [4.69, 9.17) is 16.6 Å². The fourth-order valence-electron chi connectivity index (χ4n) is 2.52. The van der Waals surface area contributed by atoms with Crippen molar-refractivity contribution in [2.24, 2.45) is 5.73 Å². The van der Waals surface area contributed by atoms with Crippen LogP contribution in [0.1, 0.15) is 33.5 Å². The molecule has 0 saturated heterocycles. The van der Waals surface area contributed by atoms with E-state index in [0.29, 0.717) is 34.5 Å². The van der Waals surface area contributed by atoms with Crippen molar-refractivity contribution < 1.29 is 19.5 Å². The number of anilines is 2. The van der Waals surface area contributed by atoms with Gasteiger partial charge < -0.3 is 21.9 Å². The normalized spacial score (nSPS) is 10.3. The second-order valence-corrected chi connectivity index (χ2v) is 5.60. The Hall–Kier alpha value is -3.35. The van der Waals surface area contributed by atoms with Gasteiger partial charge in [-0.25, -0.2) is 4.79 Å². The maximum absolute atomic E-state index is 12.7. The summed E-state index contributed by atoms with van der Waals surface area (Å²) in [6, 6.07) is 8.96. The third-order valence-electron chi connectivity index (χ3n) is 3.87. The smallest absolute Gasteiger partial charge is 0.316 e. The van der Waals surface area contributed by atoms with Gasteiger partial charge in [-0.1, -0.05) is 18.2 Å². The Morgan fingerprint density at radius 3 is 2.52 bits per heavy atom. The summed E-state index contributed by atoms with van der Waals surface area (Å²) < 4.78 is 0. The molecule has 130 valence electrons. The van der Waals surface area contributed by atoms with Crippen molar-refractivity contribution in [3.05, 3.63) is 58.7 Å². The summed E-state index contributed by atoms with van der Waals surface area (Å²) in [4.78, 5) is 34.4. The molecule has 0 fully saturated rings. The molecule has 7 nitrogen and oxygen atoms in total. The molecule has 0 aromatic heterocycles. The first kappa shape index (κ1) is 18.0. The van der Waals surface area contributed by atoms with Crippen molar-refractivity contribution in [1.29, 1.82) is 0 Å². The number of carbonyl (C=O) groups excluding carboxylic acids is 2. The van der Waals surface area contributed by atoms with Crippen LogP contribution in [0.3, 0.4) is 0 Å². The molecule has 0 bridgehead atoms. The monoisotopic (exact) mass is 341 g/mol. The molecule has 2 aromatic carbocycles. The molecule has 0 radical (unpaired) electrons.